The summed E-state index contributed by atoms with van der Waals surface area (Å²) in [4.78, 5) is 19.1. The second-order valence-electron chi connectivity index (χ2n) is 8.98. The lowest BCUT2D eigenvalue weighted by Gasteiger charge is -2.18. The van der Waals surface area contributed by atoms with E-state index >= 15 is 0 Å². The van der Waals surface area contributed by atoms with Crippen molar-refractivity contribution in [3.63, 3.8) is 0 Å². The van der Waals surface area contributed by atoms with Crippen molar-refractivity contribution in [3.8, 4) is 34.1 Å². The summed E-state index contributed by atoms with van der Waals surface area (Å²) in [5, 5.41) is 4.27. The van der Waals surface area contributed by atoms with E-state index in [1.807, 2.05) is 98.0 Å². The molecule has 6 rings (SSSR count). The number of rotatable bonds is 8. The highest BCUT2D eigenvalue weighted by Gasteiger charge is 2.18. The van der Waals surface area contributed by atoms with Crippen LogP contribution < -0.4 is 4.74 Å². The minimum atomic E-state index is 0.393. The summed E-state index contributed by atoms with van der Waals surface area (Å²) < 4.78 is 7.84. The number of aromatic nitrogens is 6. The first-order chi connectivity index (χ1) is 18.6. The molecule has 0 saturated heterocycles. The van der Waals surface area contributed by atoms with Gasteiger partial charge in [-0.05, 0) is 49.4 Å². The Labute approximate surface area is 221 Å². The number of aromatic amines is 1. The predicted molar refractivity (Wildman–Crippen MR) is 146 cm³/mol. The maximum absolute atomic E-state index is 6.50. The molecule has 0 aliphatic rings. The van der Waals surface area contributed by atoms with Crippen LogP contribution in [0.15, 0.2) is 97.5 Å². The molecular formula is C29H24BN7O. The number of hydrogen-bond donors (Lipinski definition) is 1. The van der Waals surface area contributed by atoms with Crippen molar-refractivity contribution in [2.24, 2.45) is 0 Å². The van der Waals surface area contributed by atoms with Gasteiger partial charge in [0.2, 0.25) is 0 Å². The molecule has 6 aromatic rings. The van der Waals surface area contributed by atoms with Crippen molar-refractivity contribution in [1.82, 2.24) is 34.4 Å². The Bertz CT molecular complexity index is 1700. The van der Waals surface area contributed by atoms with Crippen LogP contribution in [0.5, 0.6) is 11.5 Å². The van der Waals surface area contributed by atoms with Gasteiger partial charge < -0.3 is 14.5 Å². The molecule has 2 aromatic carbocycles. The molecule has 4 aromatic heterocycles. The van der Waals surface area contributed by atoms with E-state index in [0.29, 0.717) is 13.1 Å². The molecule has 8 nitrogen and oxygen atoms in total. The second kappa shape index (κ2) is 10.3. The third kappa shape index (κ3) is 5.05. The number of pyridine rings is 2. The van der Waals surface area contributed by atoms with Gasteiger partial charge in [-0.15, -0.1) is 0 Å². The molecule has 1 N–H and O–H groups in total. The van der Waals surface area contributed by atoms with E-state index in [-0.39, 0.29) is 0 Å². The Balaban J connectivity index is 1.29. The second-order valence-corrected chi connectivity index (χ2v) is 8.98. The Morgan fingerprint density at radius 1 is 0.895 bits per heavy atom. The monoisotopic (exact) mass is 497 g/mol. The van der Waals surface area contributed by atoms with E-state index in [2.05, 4.69) is 15.1 Å². The average molecular weight is 497 g/mol. The molecule has 0 fully saturated rings. The zero-order valence-electron chi connectivity index (χ0n) is 20.8. The topological polar surface area (TPSA) is 84.2 Å². The van der Waals surface area contributed by atoms with Crippen molar-refractivity contribution in [2.45, 2.75) is 20.0 Å². The number of para-hydroxylation sites is 2. The van der Waals surface area contributed by atoms with Gasteiger partial charge in [-0.25, -0.2) is 14.5 Å². The third-order valence-electron chi connectivity index (χ3n) is 6.11. The van der Waals surface area contributed by atoms with Gasteiger partial charge in [0.1, 0.15) is 23.7 Å². The summed E-state index contributed by atoms with van der Waals surface area (Å²) in [6.45, 7) is 2.84. The van der Waals surface area contributed by atoms with Gasteiger partial charge in [-0.2, -0.15) is 5.10 Å². The van der Waals surface area contributed by atoms with E-state index in [1.54, 1.807) is 9.33 Å². The summed E-state index contributed by atoms with van der Waals surface area (Å²) in [7, 11) is 6.50. The van der Waals surface area contributed by atoms with Gasteiger partial charge in [0.15, 0.2) is 13.6 Å². The zero-order valence-corrected chi connectivity index (χ0v) is 20.8. The van der Waals surface area contributed by atoms with Gasteiger partial charge in [0.05, 0.1) is 17.1 Å². The fourth-order valence-electron chi connectivity index (χ4n) is 4.35. The fraction of sp³-hybridized carbons (Fsp3) is 0.103. The van der Waals surface area contributed by atoms with Crippen LogP contribution in [-0.4, -0.2) is 42.3 Å². The predicted octanol–water partition coefficient (Wildman–Crippen LogP) is 5.37. The number of fused-ring (bicyclic) bond motifs is 1. The number of H-pyrrole nitrogens is 1. The minimum Gasteiger partial charge on any atom is -0.457 e. The first-order valence-corrected chi connectivity index (χ1v) is 12.3. The molecular weight excluding hydrogens is 473 g/mol. The van der Waals surface area contributed by atoms with Crippen LogP contribution >= 0.6 is 0 Å². The number of nitrogens with zero attached hydrogens (tertiary/aromatic N) is 6. The largest absolute Gasteiger partial charge is 0.457 e. The zero-order chi connectivity index (χ0) is 25.9. The minimum absolute atomic E-state index is 0.393. The molecule has 2 radical (unpaired) electrons. The molecule has 0 unspecified atom stereocenters. The summed E-state index contributed by atoms with van der Waals surface area (Å²) in [6, 6.07) is 27.4. The van der Waals surface area contributed by atoms with Crippen molar-refractivity contribution >= 4 is 13.6 Å². The molecule has 9 heteroatoms. The van der Waals surface area contributed by atoms with E-state index in [9.17, 15) is 0 Å². The molecule has 0 saturated carbocycles. The van der Waals surface area contributed by atoms with E-state index in [4.69, 9.17) is 22.7 Å². The van der Waals surface area contributed by atoms with Gasteiger partial charge in [-0.3, -0.25) is 4.98 Å². The lowest BCUT2D eigenvalue weighted by molar-refractivity contribution is 0.413. The standard InChI is InChI=1S/C29H24BN7O/c1-20-8-7-12-24(33-20)29-28(22-14-15-27-31-19-32-37(27)17-22)34-26(35-29)18-36(30)16-21-9-5-6-13-25(21)38-23-10-3-2-4-11-23/h2-15,17,19H,16,18H2,1H3,(H,34,35). The van der Waals surface area contributed by atoms with Crippen LogP contribution in [0.1, 0.15) is 17.1 Å². The van der Waals surface area contributed by atoms with Crippen LogP contribution in [0.2, 0.25) is 0 Å². The van der Waals surface area contributed by atoms with Crippen molar-refractivity contribution in [3.05, 3.63) is 115 Å². The molecule has 4 heterocycles. The summed E-state index contributed by atoms with van der Waals surface area (Å²) in [5.41, 5.74) is 5.97. The van der Waals surface area contributed by atoms with Crippen LogP contribution in [-0.2, 0) is 13.1 Å². The number of aryl methyl sites for hydroxylation is 1. The highest BCUT2D eigenvalue weighted by molar-refractivity contribution is 6.04. The quantitative estimate of drug-likeness (QED) is 0.285. The molecule has 38 heavy (non-hydrogen) atoms. The highest BCUT2D eigenvalue weighted by Crippen LogP contribution is 2.30. The Hall–Kier alpha value is -4.76. The van der Waals surface area contributed by atoms with Crippen molar-refractivity contribution in [2.75, 3.05) is 0 Å². The molecule has 0 atom stereocenters. The SMILES string of the molecule is [B]N(Cc1nc(-c2ccc3ncnn3c2)c(-c2cccc(C)n2)[nH]1)Cc1ccccc1Oc1ccccc1. The summed E-state index contributed by atoms with van der Waals surface area (Å²) >= 11 is 0. The number of nitrogens with one attached hydrogen (secondary N) is 1. The van der Waals surface area contributed by atoms with Gasteiger partial charge in [0, 0.05) is 36.1 Å². The van der Waals surface area contributed by atoms with Gasteiger partial charge >= 0.3 is 0 Å². The maximum atomic E-state index is 6.50. The number of hydrogen-bond acceptors (Lipinski definition) is 6. The third-order valence-corrected chi connectivity index (χ3v) is 6.11. The highest BCUT2D eigenvalue weighted by atomic mass is 16.5. The molecule has 184 valence electrons. The lowest BCUT2D eigenvalue weighted by atomic mass is 10.1. The molecule has 0 aliphatic heterocycles. The average Bonchev–Trinajstić information content (AvgIpc) is 3.57. The van der Waals surface area contributed by atoms with E-state index in [1.165, 1.54) is 6.33 Å². The fourth-order valence-corrected chi connectivity index (χ4v) is 4.35. The number of ether oxygens (including phenoxy) is 1. The molecule has 0 bridgehead atoms. The van der Waals surface area contributed by atoms with Crippen LogP contribution in [0.3, 0.4) is 0 Å². The van der Waals surface area contributed by atoms with Crippen molar-refractivity contribution in [1.29, 1.82) is 0 Å². The molecule has 0 spiro atoms. The number of imidazole rings is 1. The molecule has 0 amide bonds. The van der Waals surface area contributed by atoms with Crippen LogP contribution in [0.4, 0.5) is 0 Å². The van der Waals surface area contributed by atoms with Crippen LogP contribution in [0.25, 0.3) is 28.3 Å². The van der Waals surface area contributed by atoms with Crippen molar-refractivity contribution < 1.29 is 4.74 Å². The Morgan fingerprint density at radius 3 is 2.61 bits per heavy atom. The normalized spacial score (nSPS) is 11.3. The van der Waals surface area contributed by atoms with E-state index < -0.39 is 0 Å². The van der Waals surface area contributed by atoms with Gasteiger partial charge in [-0.1, -0.05) is 42.5 Å². The van der Waals surface area contributed by atoms with Gasteiger partial charge in [0.25, 0.3) is 0 Å². The van der Waals surface area contributed by atoms with E-state index in [0.717, 1.165) is 56.9 Å². The number of benzene rings is 2. The summed E-state index contributed by atoms with van der Waals surface area (Å²) in [5.74, 6) is 2.26. The first-order valence-electron chi connectivity index (χ1n) is 12.3. The van der Waals surface area contributed by atoms with Crippen LogP contribution in [0, 0.1) is 6.92 Å². The lowest BCUT2D eigenvalue weighted by Crippen LogP contribution is -2.20. The summed E-state index contributed by atoms with van der Waals surface area (Å²) in [6.07, 6.45) is 3.45. The maximum Gasteiger partial charge on any atom is 0.183 e. The Morgan fingerprint density at radius 2 is 1.74 bits per heavy atom. The smallest absolute Gasteiger partial charge is 0.183 e. The molecule has 0 aliphatic carbocycles. The first kappa shape index (κ1) is 23.6. The Kier molecular flexibility index (Phi) is 6.41.